The molecule has 0 aliphatic rings. The van der Waals surface area contributed by atoms with E-state index < -0.39 is 10.2 Å². The molecule has 1 aromatic carbocycles. The van der Waals surface area contributed by atoms with E-state index in [-0.39, 0.29) is 0 Å². The summed E-state index contributed by atoms with van der Waals surface area (Å²) in [7, 11) is -0.593. The second kappa shape index (κ2) is 5.19. The molecule has 0 N–H and O–H groups in total. The Labute approximate surface area is 129 Å². The zero-order chi connectivity index (χ0) is 15.9. The molecule has 7 heteroatoms. The van der Waals surface area contributed by atoms with E-state index in [0.717, 1.165) is 20.6 Å². The van der Waals surface area contributed by atoms with E-state index in [1.54, 1.807) is 19.3 Å². The maximum Gasteiger partial charge on any atom is 0.308 e. The number of fused-ring (bicyclic) bond motifs is 1. The van der Waals surface area contributed by atoms with E-state index in [9.17, 15) is 8.42 Å². The maximum atomic E-state index is 12.3. The molecule has 6 nitrogen and oxygen atoms in total. The van der Waals surface area contributed by atoms with Gasteiger partial charge in [-0.2, -0.15) is 12.7 Å². The number of pyridine rings is 1. The molecule has 0 spiro atoms. The first kappa shape index (κ1) is 14.7. The van der Waals surface area contributed by atoms with Crippen LogP contribution in [0.4, 0.5) is 0 Å². The summed E-state index contributed by atoms with van der Waals surface area (Å²) < 4.78 is 26.9. The molecular weight excluding hydrogens is 300 g/mol. The summed E-state index contributed by atoms with van der Waals surface area (Å²) in [4.78, 5) is 8.61. The minimum absolute atomic E-state index is 0.414. The first-order valence-electron chi connectivity index (χ1n) is 6.73. The monoisotopic (exact) mass is 316 g/mol. The number of aryl methyl sites for hydroxylation is 1. The summed E-state index contributed by atoms with van der Waals surface area (Å²) in [6.45, 7) is 1.67. The van der Waals surface area contributed by atoms with Crippen molar-refractivity contribution < 1.29 is 8.42 Å². The Kier molecular flexibility index (Phi) is 3.46. The van der Waals surface area contributed by atoms with Crippen LogP contribution in [0, 0.1) is 6.92 Å². The molecule has 0 bridgehead atoms. The average molecular weight is 316 g/mol. The van der Waals surface area contributed by atoms with E-state index in [4.69, 9.17) is 0 Å². The largest absolute Gasteiger partial charge is 0.308 e. The van der Waals surface area contributed by atoms with Gasteiger partial charge in [-0.25, -0.2) is 8.96 Å². The molecule has 0 saturated heterocycles. The van der Waals surface area contributed by atoms with Crippen LogP contribution < -0.4 is 0 Å². The van der Waals surface area contributed by atoms with Crippen molar-refractivity contribution in [3.05, 3.63) is 48.7 Å². The molecule has 0 radical (unpaired) electrons. The van der Waals surface area contributed by atoms with Crippen LogP contribution in [0.5, 0.6) is 0 Å². The number of nitrogens with zero attached hydrogens (tertiary/aromatic N) is 4. The van der Waals surface area contributed by atoms with Gasteiger partial charge in [0, 0.05) is 43.6 Å². The third kappa shape index (κ3) is 2.28. The Morgan fingerprint density at radius 2 is 1.86 bits per heavy atom. The number of benzene rings is 1. The molecule has 0 aliphatic carbocycles. The summed E-state index contributed by atoms with van der Waals surface area (Å²) in [6.07, 6.45) is 5.02. The van der Waals surface area contributed by atoms with E-state index in [1.807, 2.05) is 24.3 Å². The van der Waals surface area contributed by atoms with Crippen molar-refractivity contribution in [2.75, 3.05) is 14.1 Å². The van der Waals surface area contributed by atoms with E-state index >= 15 is 0 Å². The van der Waals surface area contributed by atoms with E-state index in [0.29, 0.717) is 11.5 Å². The van der Waals surface area contributed by atoms with Crippen molar-refractivity contribution in [1.29, 1.82) is 0 Å². The average Bonchev–Trinajstić information content (AvgIpc) is 2.89. The van der Waals surface area contributed by atoms with Gasteiger partial charge in [-0.1, -0.05) is 24.3 Å². The molecule has 2 aromatic heterocycles. The number of hydrogen-bond acceptors (Lipinski definition) is 4. The Balaban J connectivity index is 2.22. The smallest absolute Gasteiger partial charge is 0.263 e. The SMILES string of the molecule is Cc1nc(-c2cncc3ccccc23)cn1S(=O)(=O)N(C)C. The number of rotatable bonds is 3. The molecule has 0 unspecified atom stereocenters. The summed E-state index contributed by atoms with van der Waals surface area (Å²) in [5, 5.41) is 1.98. The van der Waals surface area contributed by atoms with Crippen LogP contribution in [0.1, 0.15) is 5.82 Å². The number of aromatic nitrogens is 3. The zero-order valence-electron chi connectivity index (χ0n) is 12.6. The van der Waals surface area contributed by atoms with Gasteiger partial charge in [0.1, 0.15) is 5.82 Å². The van der Waals surface area contributed by atoms with Gasteiger partial charge < -0.3 is 0 Å². The van der Waals surface area contributed by atoms with Crippen LogP contribution in [0.15, 0.2) is 42.9 Å². The molecule has 2 heterocycles. The van der Waals surface area contributed by atoms with Crippen molar-refractivity contribution in [3.8, 4) is 11.3 Å². The molecule has 0 amide bonds. The minimum Gasteiger partial charge on any atom is -0.263 e. The highest BCUT2D eigenvalue weighted by atomic mass is 32.2. The third-order valence-electron chi connectivity index (χ3n) is 3.49. The highest BCUT2D eigenvalue weighted by Crippen LogP contribution is 2.27. The lowest BCUT2D eigenvalue weighted by Crippen LogP contribution is -2.29. The van der Waals surface area contributed by atoms with Crippen molar-refractivity contribution in [3.63, 3.8) is 0 Å². The topological polar surface area (TPSA) is 68.1 Å². The van der Waals surface area contributed by atoms with Crippen LogP contribution in [0.2, 0.25) is 0 Å². The second-order valence-corrected chi connectivity index (χ2v) is 7.19. The Hall–Kier alpha value is -2.25. The Bertz CT molecular complexity index is 940. The van der Waals surface area contributed by atoms with Crippen LogP contribution in [0.25, 0.3) is 22.0 Å². The molecule has 0 aliphatic heterocycles. The summed E-state index contributed by atoms with van der Waals surface area (Å²) in [5.74, 6) is 0.414. The standard InChI is InChI=1S/C15H16N4O2S/c1-11-17-15(10-19(11)22(20,21)18(2)3)14-9-16-8-12-6-4-5-7-13(12)14/h4-10H,1-3H3. The Morgan fingerprint density at radius 3 is 2.59 bits per heavy atom. The van der Waals surface area contributed by atoms with Crippen molar-refractivity contribution in [1.82, 2.24) is 18.2 Å². The molecule has 114 valence electrons. The van der Waals surface area contributed by atoms with Gasteiger partial charge in [0.15, 0.2) is 0 Å². The van der Waals surface area contributed by atoms with E-state index in [2.05, 4.69) is 9.97 Å². The summed E-state index contributed by atoms with van der Waals surface area (Å²) in [5.41, 5.74) is 1.40. The van der Waals surface area contributed by atoms with Gasteiger partial charge >= 0.3 is 10.2 Å². The van der Waals surface area contributed by atoms with Gasteiger partial charge in [0.2, 0.25) is 0 Å². The molecule has 0 saturated carbocycles. The van der Waals surface area contributed by atoms with Crippen LogP contribution in [-0.2, 0) is 10.2 Å². The zero-order valence-corrected chi connectivity index (χ0v) is 13.4. The number of hydrogen-bond donors (Lipinski definition) is 0. The highest BCUT2D eigenvalue weighted by Gasteiger charge is 2.21. The first-order valence-corrected chi connectivity index (χ1v) is 8.13. The fourth-order valence-electron chi connectivity index (χ4n) is 2.32. The maximum absolute atomic E-state index is 12.3. The van der Waals surface area contributed by atoms with Gasteiger partial charge in [0.25, 0.3) is 0 Å². The highest BCUT2D eigenvalue weighted by molar-refractivity contribution is 7.87. The molecular formula is C15H16N4O2S. The normalized spacial score (nSPS) is 12.2. The molecule has 22 heavy (non-hydrogen) atoms. The van der Waals surface area contributed by atoms with Crippen LogP contribution in [-0.4, -0.2) is 40.8 Å². The summed E-state index contributed by atoms with van der Waals surface area (Å²) in [6, 6.07) is 7.81. The van der Waals surface area contributed by atoms with Gasteiger partial charge in [-0.15, -0.1) is 0 Å². The van der Waals surface area contributed by atoms with E-state index in [1.165, 1.54) is 24.3 Å². The lowest BCUT2D eigenvalue weighted by molar-refractivity contribution is 0.509. The van der Waals surface area contributed by atoms with Crippen LogP contribution >= 0.6 is 0 Å². The van der Waals surface area contributed by atoms with Crippen molar-refractivity contribution in [2.45, 2.75) is 6.92 Å². The van der Waals surface area contributed by atoms with Crippen LogP contribution in [0.3, 0.4) is 0 Å². The fourth-order valence-corrected chi connectivity index (χ4v) is 3.28. The quantitative estimate of drug-likeness (QED) is 0.742. The van der Waals surface area contributed by atoms with Crippen molar-refractivity contribution >= 4 is 21.0 Å². The van der Waals surface area contributed by atoms with Gasteiger partial charge in [-0.3, -0.25) is 4.98 Å². The van der Waals surface area contributed by atoms with Crippen molar-refractivity contribution in [2.24, 2.45) is 0 Å². The van der Waals surface area contributed by atoms with Gasteiger partial charge in [-0.05, 0) is 12.3 Å². The molecule has 0 atom stereocenters. The second-order valence-electron chi connectivity index (χ2n) is 5.17. The third-order valence-corrected chi connectivity index (χ3v) is 5.28. The first-order chi connectivity index (χ1) is 10.4. The summed E-state index contributed by atoms with van der Waals surface area (Å²) >= 11 is 0. The lowest BCUT2D eigenvalue weighted by Gasteiger charge is -2.12. The minimum atomic E-state index is -3.58. The molecule has 0 fully saturated rings. The van der Waals surface area contributed by atoms with Gasteiger partial charge in [0.05, 0.1) is 5.69 Å². The number of imidazole rings is 1. The predicted molar refractivity (Wildman–Crippen MR) is 85.7 cm³/mol. The Morgan fingerprint density at radius 1 is 1.14 bits per heavy atom. The fraction of sp³-hybridized carbons (Fsp3) is 0.200. The lowest BCUT2D eigenvalue weighted by atomic mass is 10.1. The molecule has 3 aromatic rings. The molecule has 3 rings (SSSR count). The predicted octanol–water partition coefficient (Wildman–Crippen LogP) is 2.06.